The van der Waals surface area contributed by atoms with Crippen molar-refractivity contribution in [2.75, 3.05) is 5.75 Å². The number of rotatable bonds is 6. The summed E-state index contributed by atoms with van der Waals surface area (Å²) in [6.07, 6.45) is 0. The lowest BCUT2D eigenvalue weighted by atomic mass is 9.72. The van der Waals surface area contributed by atoms with E-state index in [-0.39, 0.29) is 16.6 Å². The van der Waals surface area contributed by atoms with Gasteiger partial charge in [0.25, 0.3) is 5.91 Å². The Morgan fingerprint density at radius 1 is 1.14 bits per heavy atom. The summed E-state index contributed by atoms with van der Waals surface area (Å²) < 4.78 is 23.7. The van der Waals surface area contributed by atoms with E-state index in [0.29, 0.717) is 22.8 Å². The van der Waals surface area contributed by atoms with Gasteiger partial charge in [-0.15, -0.1) is 0 Å². The van der Waals surface area contributed by atoms with Crippen molar-refractivity contribution in [2.24, 2.45) is 0 Å². The van der Waals surface area contributed by atoms with Crippen molar-refractivity contribution >= 4 is 51.0 Å². The van der Waals surface area contributed by atoms with Crippen molar-refractivity contribution in [2.45, 2.75) is 25.2 Å². The van der Waals surface area contributed by atoms with Crippen molar-refractivity contribution in [3.63, 3.8) is 0 Å². The van der Waals surface area contributed by atoms with E-state index in [1.54, 1.807) is 49.4 Å². The second-order valence-corrected chi connectivity index (χ2v) is 8.95. The highest BCUT2D eigenvalue weighted by Gasteiger charge is 2.12. The molecule has 0 fully saturated rings. The van der Waals surface area contributed by atoms with E-state index >= 15 is 0 Å². The largest absolute Gasteiger partial charge is 0.348 e. The van der Waals surface area contributed by atoms with Gasteiger partial charge in [-0.25, -0.2) is 13.4 Å². The van der Waals surface area contributed by atoms with Crippen molar-refractivity contribution < 1.29 is 13.2 Å². The first-order valence-electron chi connectivity index (χ1n) is 8.83. The molecule has 2 aromatic carbocycles. The summed E-state index contributed by atoms with van der Waals surface area (Å²) in [5.74, 6) is -0.184. The molecule has 1 N–H and O–H groups in total. The predicted molar refractivity (Wildman–Crippen MR) is 113 cm³/mol. The number of aromatic nitrogens is 1. The lowest BCUT2D eigenvalue weighted by Crippen LogP contribution is -2.23. The molecule has 0 bridgehead atoms. The summed E-state index contributed by atoms with van der Waals surface area (Å²) in [5.41, 5.74) is 2.91. The molecule has 0 atom stereocenters. The van der Waals surface area contributed by atoms with Crippen LogP contribution in [-0.2, 0) is 16.4 Å². The topological polar surface area (TPSA) is 76.1 Å². The number of sulfone groups is 1. The highest BCUT2D eigenvalue weighted by molar-refractivity contribution is 7.91. The third-order valence-electron chi connectivity index (χ3n) is 4.50. The van der Waals surface area contributed by atoms with Crippen molar-refractivity contribution in [3.05, 3.63) is 64.8 Å². The Bertz CT molecular complexity index is 1130. The number of carbonyl (C=O) groups excluding carboxylic acids is 1. The molecule has 1 aromatic heterocycles. The van der Waals surface area contributed by atoms with Crippen LogP contribution in [0.5, 0.6) is 0 Å². The summed E-state index contributed by atoms with van der Waals surface area (Å²) >= 11 is 6.06. The molecule has 8 heteroatoms. The van der Waals surface area contributed by atoms with Crippen molar-refractivity contribution in [1.29, 1.82) is 0 Å². The van der Waals surface area contributed by atoms with E-state index in [9.17, 15) is 13.2 Å². The number of benzene rings is 2. The van der Waals surface area contributed by atoms with Gasteiger partial charge >= 0.3 is 0 Å². The van der Waals surface area contributed by atoms with Gasteiger partial charge in [0, 0.05) is 12.1 Å². The molecule has 1 amide bonds. The summed E-state index contributed by atoms with van der Waals surface area (Å²) in [7, 11) is -1.28. The van der Waals surface area contributed by atoms with Gasteiger partial charge in [0.05, 0.1) is 16.2 Å². The third-order valence-corrected chi connectivity index (χ3v) is 6.44. The van der Waals surface area contributed by atoms with Gasteiger partial charge in [0.1, 0.15) is 12.4 Å². The maximum Gasteiger partial charge on any atom is 0.251 e. The van der Waals surface area contributed by atoms with Gasteiger partial charge in [-0.2, -0.15) is 0 Å². The highest BCUT2D eigenvalue weighted by Crippen LogP contribution is 2.16. The molecule has 0 unspecified atom stereocenters. The summed E-state index contributed by atoms with van der Waals surface area (Å²) in [4.78, 5) is 17.1. The molecule has 0 aliphatic rings. The first-order chi connectivity index (χ1) is 13.3. The zero-order valence-corrected chi connectivity index (χ0v) is 17.1. The normalized spacial score (nSPS) is 11.4. The molecule has 0 saturated carbocycles. The first kappa shape index (κ1) is 20.4. The monoisotopic (exact) mass is 413 g/mol. The van der Waals surface area contributed by atoms with Crippen LogP contribution >= 0.6 is 11.6 Å². The van der Waals surface area contributed by atoms with Gasteiger partial charge in [0.15, 0.2) is 9.84 Å². The number of hydrogen-bond acceptors (Lipinski definition) is 4. The lowest BCUT2D eigenvalue weighted by molar-refractivity contribution is 0.0951. The molecule has 0 spiro atoms. The fourth-order valence-corrected chi connectivity index (χ4v) is 3.96. The minimum Gasteiger partial charge on any atom is -0.348 e. The fraction of sp³-hybridized carbons (Fsp3) is 0.200. The zero-order valence-electron chi connectivity index (χ0n) is 15.6. The Morgan fingerprint density at radius 2 is 1.86 bits per heavy atom. The Hall–Kier alpha value is -2.38. The number of fused-ring (bicyclic) bond motifs is 1. The van der Waals surface area contributed by atoms with Crippen molar-refractivity contribution in [3.8, 4) is 0 Å². The van der Waals surface area contributed by atoms with Crippen LogP contribution in [0.4, 0.5) is 0 Å². The molecular weight excluding hydrogens is 395 g/mol. The Balaban J connectivity index is 1.74. The molecule has 1 heterocycles. The van der Waals surface area contributed by atoms with Gasteiger partial charge in [-0.05, 0) is 41.3 Å². The molecule has 0 aliphatic heterocycles. The van der Waals surface area contributed by atoms with E-state index in [1.165, 1.54) is 0 Å². The Morgan fingerprint density at radius 3 is 2.50 bits per heavy atom. The molecule has 28 heavy (non-hydrogen) atoms. The van der Waals surface area contributed by atoms with Gasteiger partial charge in [0.2, 0.25) is 0 Å². The van der Waals surface area contributed by atoms with Crippen LogP contribution in [0.2, 0.25) is 12.0 Å². The number of carbonyl (C=O) groups is 1. The molecule has 1 radical (unpaired) electrons. The second kappa shape index (κ2) is 8.33. The van der Waals surface area contributed by atoms with Crippen LogP contribution in [0, 0.1) is 0 Å². The molecule has 0 aliphatic carbocycles. The van der Waals surface area contributed by atoms with Gasteiger partial charge < -0.3 is 5.32 Å². The number of pyridine rings is 1. The fourth-order valence-electron chi connectivity index (χ4n) is 2.87. The zero-order chi connectivity index (χ0) is 20.3. The average molecular weight is 414 g/mol. The van der Waals surface area contributed by atoms with E-state index in [4.69, 9.17) is 11.6 Å². The first-order valence-corrected chi connectivity index (χ1v) is 10.9. The van der Waals surface area contributed by atoms with Gasteiger partial charge in [-0.3, -0.25) is 4.79 Å². The smallest absolute Gasteiger partial charge is 0.251 e. The van der Waals surface area contributed by atoms with Crippen LogP contribution in [-0.4, -0.2) is 32.3 Å². The lowest BCUT2D eigenvalue weighted by Gasteiger charge is -2.09. The summed E-state index contributed by atoms with van der Waals surface area (Å²) in [6.45, 7) is 3.82. The highest BCUT2D eigenvalue weighted by atomic mass is 35.5. The number of amides is 1. The number of nitrogens with one attached hydrogen (secondary N) is 1. The summed E-state index contributed by atoms with van der Waals surface area (Å²) in [5, 5.41) is 4.14. The Kier molecular flexibility index (Phi) is 6.06. The number of hydrogen-bond donors (Lipinski definition) is 1. The maximum absolute atomic E-state index is 12.5. The standard InChI is InChI=1S/C20H19BClN2O3S/c1-3-28(26,27)15-7-4-13(5-8-15)12-23-20(25)14-6-9-16-17(21-2)11-19(22)24-18(16)10-14/h4-11H,3,12H2,1-2H3,(H,23,25). The van der Waals surface area contributed by atoms with Crippen molar-refractivity contribution in [1.82, 2.24) is 10.3 Å². The second-order valence-electron chi connectivity index (χ2n) is 6.28. The van der Waals surface area contributed by atoms with E-state index in [1.807, 2.05) is 20.2 Å². The van der Waals surface area contributed by atoms with Crippen LogP contribution in [0.3, 0.4) is 0 Å². The molecule has 0 saturated heterocycles. The molecular formula is C20H19BClN2O3S. The van der Waals surface area contributed by atoms with Crippen LogP contribution in [0.25, 0.3) is 10.9 Å². The van der Waals surface area contributed by atoms with Crippen LogP contribution in [0.1, 0.15) is 22.8 Å². The number of halogens is 1. The Labute approximate surface area is 170 Å². The summed E-state index contributed by atoms with van der Waals surface area (Å²) in [6, 6.07) is 13.6. The predicted octanol–water partition coefficient (Wildman–Crippen LogP) is 2.99. The maximum atomic E-state index is 12.5. The SMILES string of the molecule is C[B]c1cc(Cl)nc2cc(C(=O)NCc3ccc(S(=O)(=O)CC)cc3)ccc12. The minimum absolute atomic E-state index is 0.0562. The molecule has 3 rings (SSSR count). The molecule has 143 valence electrons. The molecule has 3 aromatic rings. The van der Waals surface area contributed by atoms with E-state index in [2.05, 4.69) is 10.3 Å². The van der Waals surface area contributed by atoms with Gasteiger partial charge in [-0.1, -0.05) is 49.0 Å². The number of nitrogens with zero attached hydrogens (tertiary/aromatic N) is 1. The van der Waals surface area contributed by atoms with E-state index in [0.717, 1.165) is 16.4 Å². The quantitative estimate of drug-likeness (QED) is 0.498. The third kappa shape index (κ3) is 4.37. The molecule has 5 nitrogen and oxygen atoms in total. The van der Waals surface area contributed by atoms with E-state index < -0.39 is 9.84 Å². The average Bonchev–Trinajstić information content (AvgIpc) is 2.71. The minimum atomic E-state index is -3.23. The van der Waals surface area contributed by atoms with Crippen LogP contribution < -0.4 is 10.8 Å². The van der Waals surface area contributed by atoms with Crippen LogP contribution in [0.15, 0.2) is 53.4 Å².